The molecule has 5 heteroatoms. The smallest absolute Gasteiger partial charge is 0.237 e. The monoisotopic (exact) mass is 322 g/mol. The van der Waals surface area contributed by atoms with Gasteiger partial charge in [-0.1, -0.05) is 29.3 Å². The second-order valence-corrected chi connectivity index (χ2v) is 5.33. The van der Waals surface area contributed by atoms with E-state index in [0.717, 1.165) is 5.56 Å². The highest BCUT2D eigenvalue weighted by Gasteiger charge is 2.24. The van der Waals surface area contributed by atoms with Gasteiger partial charge in [-0.25, -0.2) is 0 Å². The molecule has 0 aliphatic rings. The van der Waals surface area contributed by atoms with Gasteiger partial charge in [-0.15, -0.1) is 0 Å². The Morgan fingerprint density at radius 2 is 1.62 bits per heavy atom. The fourth-order valence-corrected chi connectivity index (χ4v) is 2.40. The van der Waals surface area contributed by atoms with Crippen molar-refractivity contribution in [2.45, 2.75) is 6.92 Å². The number of benzene rings is 2. The molecule has 0 saturated heterocycles. The first-order valence-electron chi connectivity index (χ1n) is 6.12. The van der Waals surface area contributed by atoms with Gasteiger partial charge in [0, 0.05) is 10.6 Å². The molecule has 21 heavy (non-hydrogen) atoms. The number of methoxy groups -OCH3 is 1. The second-order valence-electron chi connectivity index (χ2n) is 4.49. The van der Waals surface area contributed by atoms with E-state index >= 15 is 0 Å². The molecule has 2 rings (SSSR count). The fraction of sp³-hybridized carbons (Fsp3) is 0.125. The van der Waals surface area contributed by atoms with E-state index in [1.807, 2.05) is 6.92 Å². The molecule has 0 spiro atoms. The Kier molecular flexibility index (Phi) is 4.66. The van der Waals surface area contributed by atoms with Gasteiger partial charge >= 0.3 is 0 Å². The Bertz CT molecular complexity index is 723. The van der Waals surface area contributed by atoms with Crippen LogP contribution in [0.1, 0.15) is 26.3 Å². The Labute approximate surface area is 132 Å². The molecule has 0 unspecified atom stereocenters. The molecule has 0 heterocycles. The first-order valence-corrected chi connectivity index (χ1v) is 6.88. The predicted molar refractivity (Wildman–Crippen MR) is 82.9 cm³/mol. The molecule has 0 fully saturated rings. The number of ketones is 2. The van der Waals surface area contributed by atoms with E-state index in [0.29, 0.717) is 10.8 Å². The van der Waals surface area contributed by atoms with Gasteiger partial charge in [-0.05, 0) is 42.8 Å². The zero-order valence-corrected chi connectivity index (χ0v) is 13.0. The van der Waals surface area contributed by atoms with E-state index in [1.54, 1.807) is 24.3 Å². The number of carbonyl (C=O) groups is 2. The number of aryl methyl sites for hydroxylation is 1. The lowest BCUT2D eigenvalue weighted by atomic mass is 10.00. The number of hydrogen-bond acceptors (Lipinski definition) is 3. The average molecular weight is 323 g/mol. The minimum absolute atomic E-state index is 0.117. The lowest BCUT2D eigenvalue weighted by Crippen LogP contribution is -2.16. The van der Waals surface area contributed by atoms with Crippen LogP contribution in [0.5, 0.6) is 5.75 Å². The highest BCUT2D eigenvalue weighted by atomic mass is 35.5. The maximum atomic E-state index is 12.4. The van der Waals surface area contributed by atoms with Gasteiger partial charge < -0.3 is 4.74 Å². The Morgan fingerprint density at radius 3 is 2.24 bits per heavy atom. The van der Waals surface area contributed by atoms with Crippen LogP contribution in [0.2, 0.25) is 10.0 Å². The highest BCUT2D eigenvalue weighted by molar-refractivity contribution is 6.52. The molecular weight excluding hydrogens is 311 g/mol. The number of hydrogen-bond donors (Lipinski definition) is 0. The fourth-order valence-electron chi connectivity index (χ4n) is 1.91. The molecule has 2 aromatic rings. The second kappa shape index (κ2) is 6.29. The minimum atomic E-state index is -0.708. The maximum absolute atomic E-state index is 12.4. The first kappa shape index (κ1) is 15.5. The summed E-state index contributed by atoms with van der Waals surface area (Å²) in [5, 5.41) is 0.594. The van der Waals surface area contributed by atoms with Crippen molar-refractivity contribution in [2.75, 3.05) is 7.11 Å². The van der Waals surface area contributed by atoms with Gasteiger partial charge in [0.2, 0.25) is 11.6 Å². The first-order chi connectivity index (χ1) is 9.93. The van der Waals surface area contributed by atoms with Gasteiger partial charge in [-0.2, -0.15) is 0 Å². The lowest BCUT2D eigenvalue weighted by Gasteiger charge is -2.08. The average Bonchev–Trinajstić information content (AvgIpc) is 2.45. The third-order valence-corrected chi connectivity index (χ3v) is 3.53. The van der Waals surface area contributed by atoms with Gasteiger partial charge in [0.1, 0.15) is 5.75 Å². The summed E-state index contributed by atoms with van der Waals surface area (Å²) in [7, 11) is 1.42. The van der Waals surface area contributed by atoms with E-state index < -0.39 is 11.6 Å². The summed E-state index contributed by atoms with van der Waals surface area (Å²) < 4.78 is 5.09. The molecule has 0 radical (unpaired) electrons. The molecular formula is C16H12Cl2O3. The van der Waals surface area contributed by atoms with E-state index in [4.69, 9.17) is 27.9 Å². The summed E-state index contributed by atoms with van der Waals surface area (Å²) in [5.74, 6) is -1.11. The number of rotatable bonds is 4. The van der Waals surface area contributed by atoms with Crippen molar-refractivity contribution in [2.24, 2.45) is 0 Å². The number of ether oxygens (including phenoxy) is 1. The Balaban J connectivity index is 2.44. The van der Waals surface area contributed by atoms with E-state index in [-0.39, 0.29) is 16.1 Å². The molecule has 2 aromatic carbocycles. The van der Waals surface area contributed by atoms with Crippen molar-refractivity contribution >= 4 is 34.8 Å². The normalized spacial score (nSPS) is 10.3. The summed E-state index contributed by atoms with van der Waals surface area (Å²) in [6, 6.07) is 9.43. The van der Waals surface area contributed by atoms with Crippen LogP contribution in [0.15, 0.2) is 36.4 Å². The standard InChI is InChI=1S/C16H12Cl2O3/c1-9-3-5-11(13(18)7-9)15(19)16(20)12-8-10(17)4-6-14(12)21-2/h3-8H,1-2H3. The number of carbonyl (C=O) groups excluding carboxylic acids is 2. The van der Waals surface area contributed by atoms with Crippen LogP contribution in [-0.4, -0.2) is 18.7 Å². The number of Topliss-reactive ketones (excluding diaryl/α,β-unsaturated/α-hetero) is 2. The lowest BCUT2D eigenvalue weighted by molar-refractivity contribution is 0.0815. The van der Waals surface area contributed by atoms with E-state index in [9.17, 15) is 9.59 Å². The van der Waals surface area contributed by atoms with E-state index in [1.165, 1.54) is 19.2 Å². The minimum Gasteiger partial charge on any atom is -0.496 e. The Morgan fingerprint density at radius 1 is 0.952 bits per heavy atom. The molecule has 0 atom stereocenters. The van der Waals surface area contributed by atoms with Gasteiger partial charge in [-0.3, -0.25) is 9.59 Å². The van der Waals surface area contributed by atoms with Crippen molar-refractivity contribution in [1.29, 1.82) is 0 Å². The third-order valence-electron chi connectivity index (χ3n) is 2.98. The summed E-state index contributed by atoms with van der Waals surface area (Å²) in [6.45, 7) is 1.85. The van der Waals surface area contributed by atoms with Crippen LogP contribution in [0.3, 0.4) is 0 Å². The molecule has 0 aliphatic heterocycles. The van der Waals surface area contributed by atoms with Crippen LogP contribution >= 0.6 is 23.2 Å². The van der Waals surface area contributed by atoms with Crippen molar-refractivity contribution in [1.82, 2.24) is 0 Å². The zero-order valence-electron chi connectivity index (χ0n) is 11.4. The van der Waals surface area contributed by atoms with Crippen molar-refractivity contribution in [3.63, 3.8) is 0 Å². The molecule has 3 nitrogen and oxygen atoms in total. The van der Waals surface area contributed by atoms with Gasteiger partial charge in [0.25, 0.3) is 0 Å². The molecule has 0 aromatic heterocycles. The van der Waals surface area contributed by atoms with Crippen LogP contribution < -0.4 is 4.74 Å². The Hall–Kier alpha value is -1.84. The number of halogens is 2. The largest absolute Gasteiger partial charge is 0.496 e. The van der Waals surface area contributed by atoms with Crippen molar-refractivity contribution in [3.8, 4) is 5.75 Å². The predicted octanol–water partition coefficient (Wildman–Crippen LogP) is 4.38. The van der Waals surface area contributed by atoms with Crippen LogP contribution in [0.25, 0.3) is 0 Å². The van der Waals surface area contributed by atoms with Crippen LogP contribution in [0, 0.1) is 6.92 Å². The summed E-state index contributed by atoms with van der Waals surface area (Å²) in [6.07, 6.45) is 0. The SMILES string of the molecule is COc1ccc(Cl)cc1C(=O)C(=O)c1ccc(C)cc1Cl. The third kappa shape index (κ3) is 3.26. The molecule has 0 amide bonds. The van der Waals surface area contributed by atoms with Gasteiger partial charge in [0.15, 0.2) is 0 Å². The highest BCUT2D eigenvalue weighted by Crippen LogP contribution is 2.26. The van der Waals surface area contributed by atoms with Crippen molar-refractivity contribution in [3.05, 3.63) is 63.1 Å². The van der Waals surface area contributed by atoms with Crippen LogP contribution in [-0.2, 0) is 0 Å². The summed E-state index contributed by atoms with van der Waals surface area (Å²) in [5.41, 5.74) is 1.19. The quantitative estimate of drug-likeness (QED) is 0.620. The van der Waals surface area contributed by atoms with E-state index in [2.05, 4.69) is 0 Å². The zero-order chi connectivity index (χ0) is 15.6. The molecule has 0 aliphatic carbocycles. The van der Waals surface area contributed by atoms with Gasteiger partial charge in [0.05, 0.1) is 17.7 Å². The molecule has 0 bridgehead atoms. The molecule has 0 saturated carbocycles. The van der Waals surface area contributed by atoms with Crippen molar-refractivity contribution < 1.29 is 14.3 Å². The molecule has 108 valence electrons. The maximum Gasteiger partial charge on any atom is 0.237 e. The molecule has 0 N–H and O–H groups in total. The summed E-state index contributed by atoms with van der Waals surface area (Å²) >= 11 is 11.9. The summed E-state index contributed by atoms with van der Waals surface area (Å²) in [4.78, 5) is 24.7. The topological polar surface area (TPSA) is 43.4 Å². The van der Waals surface area contributed by atoms with Crippen LogP contribution in [0.4, 0.5) is 0 Å².